The van der Waals surface area contributed by atoms with Gasteiger partial charge >= 0.3 is 0 Å². The molecule has 11 heteroatoms. The highest BCUT2D eigenvalue weighted by Gasteiger charge is 2.16. The maximum atomic E-state index is 12.4. The fourth-order valence-electron chi connectivity index (χ4n) is 3.26. The predicted octanol–water partition coefficient (Wildman–Crippen LogP) is 3.79. The molecule has 1 amide bonds. The summed E-state index contributed by atoms with van der Waals surface area (Å²) in [5.74, 6) is 1.47. The molecule has 34 heavy (non-hydrogen) atoms. The molecule has 0 unspecified atom stereocenters. The molecule has 0 aliphatic carbocycles. The third kappa shape index (κ3) is 4.96. The minimum absolute atomic E-state index is 0.0611. The van der Waals surface area contributed by atoms with Crippen molar-refractivity contribution in [2.24, 2.45) is 0 Å². The zero-order chi connectivity index (χ0) is 23.5. The SMILES string of the molecule is O=C(/C=C/c1ccc(S(=O)(=O)NCc2ccco2)cc1)Nc1nc2cc3c(cc2s1)OCCO3. The number of carbonyl (C=O) groups excluding carboxylic acids is 1. The Balaban J connectivity index is 1.21. The van der Waals surface area contributed by atoms with Gasteiger partial charge in [0.1, 0.15) is 19.0 Å². The first kappa shape index (κ1) is 22.1. The molecular weight excluding hydrogens is 478 g/mol. The highest BCUT2D eigenvalue weighted by Crippen LogP contribution is 2.37. The molecule has 0 atom stereocenters. The van der Waals surface area contributed by atoms with Crippen LogP contribution in [0.15, 0.2) is 70.2 Å². The Morgan fingerprint density at radius 3 is 2.59 bits per heavy atom. The summed E-state index contributed by atoms with van der Waals surface area (Å²) < 4.78 is 44.4. The van der Waals surface area contributed by atoms with Crippen molar-refractivity contribution >= 4 is 48.7 Å². The lowest BCUT2D eigenvalue weighted by atomic mass is 10.2. The van der Waals surface area contributed by atoms with Crippen LogP contribution in [0.5, 0.6) is 11.5 Å². The number of aromatic nitrogens is 1. The first-order valence-electron chi connectivity index (χ1n) is 10.3. The second kappa shape index (κ2) is 9.29. The molecule has 0 spiro atoms. The van der Waals surface area contributed by atoms with E-state index < -0.39 is 10.0 Å². The fraction of sp³-hybridized carbons (Fsp3) is 0.130. The molecule has 2 aromatic heterocycles. The van der Waals surface area contributed by atoms with Gasteiger partial charge in [-0.1, -0.05) is 23.5 Å². The van der Waals surface area contributed by atoms with E-state index in [9.17, 15) is 13.2 Å². The molecular formula is C23H19N3O6S2. The average Bonchev–Trinajstić information content (AvgIpc) is 3.49. The van der Waals surface area contributed by atoms with Crippen LogP contribution >= 0.6 is 11.3 Å². The molecule has 0 saturated heterocycles. The van der Waals surface area contributed by atoms with Crippen LogP contribution in [0.25, 0.3) is 16.3 Å². The number of thiazole rings is 1. The van der Waals surface area contributed by atoms with Crippen LogP contribution in [-0.4, -0.2) is 32.5 Å². The second-order valence-electron chi connectivity index (χ2n) is 7.28. The van der Waals surface area contributed by atoms with Crippen LogP contribution in [0.4, 0.5) is 5.13 Å². The van der Waals surface area contributed by atoms with Crippen molar-refractivity contribution < 1.29 is 27.1 Å². The van der Waals surface area contributed by atoms with Crippen molar-refractivity contribution in [3.05, 3.63) is 72.2 Å². The third-order valence-electron chi connectivity index (χ3n) is 4.92. The number of benzene rings is 2. The zero-order valence-corrected chi connectivity index (χ0v) is 19.3. The number of fused-ring (bicyclic) bond motifs is 2. The molecule has 0 radical (unpaired) electrons. The molecule has 1 aliphatic heterocycles. The Morgan fingerprint density at radius 2 is 1.85 bits per heavy atom. The zero-order valence-electron chi connectivity index (χ0n) is 17.7. The number of nitrogens with one attached hydrogen (secondary N) is 2. The van der Waals surface area contributed by atoms with E-state index in [1.807, 2.05) is 6.07 Å². The summed E-state index contributed by atoms with van der Waals surface area (Å²) in [6, 6.07) is 13.2. The highest BCUT2D eigenvalue weighted by atomic mass is 32.2. The molecule has 174 valence electrons. The Bertz CT molecular complexity index is 1420. The van der Waals surface area contributed by atoms with Gasteiger partial charge in [-0.3, -0.25) is 10.1 Å². The maximum absolute atomic E-state index is 12.4. The highest BCUT2D eigenvalue weighted by molar-refractivity contribution is 7.89. The standard InChI is InChI=1S/C23H19N3O6S2/c27-22(26-23-25-18-12-19-20(13-21(18)33-23)32-11-10-31-19)8-5-15-3-6-17(7-4-15)34(28,29)24-14-16-2-1-9-30-16/h1-9,12-13,24H,10-11,14H2,(H,25,26,27)/b8-5+. The van der Waals surface area contributed by atoms with Gasteiger partial charge in [-0.15, -0.1) is 0 Å². The largest absolute Gasteiger partial charge is 0.486 e. The Hall–Kier alpha value is -3.67. The minimum Gasteiger partial charge on any atom is -0.486 e. The van der Waals surface area contributed by atoms with E-state index in [1.165, 1.54) is 35.8 Å². The summed E-state index contributed by atoms with van der Waals surface area (Å²) in [7, 11) is -3.68. The molecule has 0 bridgehead atoms. The number of rotatable bonds is 7. The van der Waals surface area contributed by atoms with Gasteiger partial charge < -0.3 is 13.9 Å². The topological polar surface area (TPSA) is 120 Å². The summed E-state index contributed by atoms with van der Waals surface area (Å²) in [5.41, 5.74) is 1.39. The summed E-state index contributed by atoms with van der Waals surface area (Å²) in [6.07, 6.45) is 4.44. The summed E-state index contributed by atoms with van der Waals surface area (Å²) >= 11 is 1.34. The molecule has 5 rings (SSSR count). The monoisotopic (exact) mass is 497 g/mol. The van der Waals surface area contributed by atoms with Gasteiger partial charge in [-0.2, -0.15) is 0 Å². The van der Waals surface area contributed by atoms with Crippen LogP contribution in [0, 0.1) is 0 Å². The van der Waals surface area contributed by atoms with Gasteiger partial charge in [0.15, 0.2) is 16.6 Å². The first-order valence-corrected chi connectivity index (χ1v) is 12.6. The van der Waals surface area contributed by atoms with Crippen molar-refractivity contribution in [1.29, 1.82) is 0 Å². The van der Waals surface area contributed by atoms with E-state index in [2.05, 4.69) is 15.0 Å². The second-order valence-corrected chi connectivity index (χ2v) is 10.1. The van der Waals surface area contributed by atoms with Crippen LogP contribution in [0.1, 0.15) is 11.3 Å². The lowest BCUT2D eigenvalue weighted by Crippen LogP contribution is -2.22. The van der Waals surface area contributed by atoms with Crippen LogP contribution in [-0.2, 0) is 21.4 Å². The van der Waals surface area contributed by atoms with Crippen LogP contribution in [0.2, 0.25) is 0 Å². The predicted molar refractivity (Wildman–Crippen MR) is 127 cm³/mol. The van der Waals surface area contributed by atoms with E-state index in [4.69, 9.17) is 13.9 Å². The van der Waals surface area contributed by atoms with Gasteiger partial charge in [-0.25, -0.2) is 18.1 Å². The Kier molecular flexibility index (Phi) is 6.05. The quantitative estimate of drug-likeness (QED) is 0.373. The van der Waals surface area contributed by atoms with Crippen molar-refractivity contribution in [2.45, 2.75) is 11.4 Å². The number of anilines is 1. The van der Waals surface area contributed by atoms with Gasteiger partial charge in [-0.05, 0) is 35.9 Å². The summed E-state index contributed by atoms with van der Waals surface area (Å²) in [6.45, 7) is 1.05. The fourth-order valence-corrected chi connectivity index (χ4v) is 5.13. The van der Waals surface area contributed by atoms with Gasteiger partial charge in [0.05, 0.1) is 27.9 Å². The van der Waals surface area contributed by atoms with Gasteiger partial charge in [0.2, 0.25) is 15.9 Å². The normalized spacial score (nSPS) is 13.4. The van der Waals surface area contributed by atoms with E-state index in [0.29, 0.717) is 46.7 Å². The molecule has 1 aliphatic rings. The molecule has 9 nitrogen and oxygen atoms in total. The van der Waals surface area contributed by atoms with Crippen LogP contribution < -0.4 is 19.5 Å². The molecule has 2 N–H and O–H groups in total. The smallest absolute Gasteiger partial charge is 0.250 e. The number of nitrogens with zero attached hydrogens (tertiary/aromatic N) is 1. The number of hydrogen-bond donors (Lipinski definition) is 2. The van der Waals surface area contributed by atoms with Crippen molar-refractivity contribution in [3.8, 4) is 11.5 Å². The molecule has 0 saturated carbocycles. The average molecular weight is 498 g/mol. The number of carbonyl (C=O) groups is 1. The van der Waals surface area contributed by atoms with E-state index in [-0.39, 0.29) is 17.3 Å². The molecule has 2 aromatic carbocycles. The number of ether oxygens (including phenoxy) is 2. The third-order valence-corrected chi connectivity index (χ3v) is 7.27. The van der Waals surface area contributed by atoms with E-state index >= 15 is 0 Å². The molecule has 4 aromatic rings. The maximum Gasteiger partial charge on any atom is 0.250 e. The Morgan fingerprint density at radius 1 is 1.09 bits per heavy atom. The van der Waals surface area contributed by atoms with Crippen molar-refractivity contribution in [3.63, 3.8) is 0 Å². The van der Waals surface area contributed by atoms with Gasteiger partial charge in [0, 0.05) is 18.2 Å². The number of hydrogen-bond acceptors (Lipinski definition) is 8. The minimum atomic E-state index is -3.68. The lowest BCUT2D eigenvalue weighted by Gasteiger charge is -2.17. The van der Waals surface area contributed by atoms with Gasteiger partial charge in [0.25, 0.3) is 0 Å². The van der Waals surface area contributed by atoms with E-state index in [0.717, 1.165) is 4.70 Å². The summed E-state index contributed by atoms with van der Waals surface area (Å²) in [4.78, 5) is 16.9. The van der Waals surface area contributed by atoms with Crippen molar-refractivity contribution in [1.82, 2.24) is 9.71 Å². The summed E-state index contributed by atoms with van der Waals surface area (Å²) in [5, 5.41) is 3.20. The molecule has 0 fully saturated rings. The first-order chi connectivity index (χ1) is 16.5. The van der Waals surface area contributed by atoms with E-state index in [1.54, 1.807) is 36.4 Å². The number of sulfonamides is 1. The Labute approximate surface area is 199 Å². The number of amides is 1. The number of furan rings is 1. The molecule has 3 heterocycles. The lowest BCUT2D eigenvalue weighted by molar-refractivity contribution is -0.111. The van der Waals surface area contributed by atoms with Crippen molar-refractivity contribution in [2.75, 3.05) is 18.5 Å². The van der Waals surface area contributed by atoms with Crippen LogP contribution in [0.3, 0.4) is 0 Å².